The van der Waals surface area contributed by atoms with Gasteiger partial charge < -0.3 is 25.4 Å². The van der Waals surface area contributed by atoms with Gasteiger partial charge in [-0.15, -0.1) is 5.10 Å². The number of nitrogens with zero attached hydrogens (tertiary/aromatic N) is 7. The summed E-state index contributed by atoms with van der Waals surface area (Å²) in [6, 6.07) is 19.5. The number of anilines is 1. The molecule has 4 N–H and O–H groups in total. The van der Waals surface area contributed by atoms with Crippen molar-refractivity contribution in [3.63, 3.8) is 0 Å². The van der Waals surface area contributed by atoms with E-state index in [2.05, 4.69) is 30.6 Å². The molecule has 5 aromatic rings. The van der Waals surface area contributed by atoms with Gasteiger partial charge in [-0.1, -0.05) is 65.9 Å². The van der Waals surface area contributed by atoms with Crippen molar-refractivity contribution in [2.24, 2.45) is 0 Å². The first kappa shape index (κ1) is 23.2. The van der Waals surface area contributed by atoms with Gasteiger partial charge in [0.2, 0.25) is 0 Å². The molecule has 2 aromatic carbocycles. The van der Waals surface area contributed by atoms with E-state index in [-0.39, 0.29) is 5.95 Å². The fraction of sp³-hybridized carbons (Fsp3) is 0.240. The largest absolute Gasteiger partial charge is 0.394 e. The topological polar surface area (TPSA) is 156 Å². The summed E-state index contributed by atoms with van der Waals surface area (Å²) in [5.41, 5.74) is 3.40. The average molecular weight is 501 g/mol. The van der Waals surface area contributed by atoms with E-state index < -0.39 is 31.1 Å². The van der Waals surface area contributed by atoms with Crippen molar-refractivity contribution in [2.45, 2.75) is 31.1 Å². The Kier molecular flexibility index (Phi) is 6.06. The monoisotopic (exact) mass is 500 g/mol. The van der Waals surface area contributed by atoms with Gasteiger partial charge in [0, 0.05) is 12.1 Å². The van der Waals surface area contributed by atoms with Gasteiger partial charge in [0.25, 0.3) is 5.95 Å². The first-order chi connectivity index (χ1) is 18.1. The molecular weight excluding hydrogens is 476 g/mol. The number of rotatable bonds is 7. The van der Waals surface area contributed by atoms with Crippen LogP contribution in [0.1, 0.15) is 11.8 Å². The first-order valence-electron chi connectivity index (χ1n) is 11.8. The fourth-order valence-corrected chi connectivity index (χ4v) is 4.31. The van der Waals surface area contributed by atoms with Crippen molar-refractivity contribution < 1.29 is 20.1 Å². The molecule has 12 nitrogen and oxygen atoms in total. The zero-order valence-electron chi connectivity index (χ0n) is 19.5. The number of ether oxygens (including phenoxy) is 1. The number of hydrogen-bond acceptors (Lipinski definition) is 10. The summed E-state index contributed by atoms with van der Waals surface area (Å²) in [5, 5.41) is 42.2. The number of hydrogen-bond donors (Lipinski definition) is 4. The molecule has 6 rings (SSSR count). The van der Waals surface area contributed by atoms with Crippen LogP contribution in [-0.2, 0) is 11.3 Å². The first-order valence-corrected chi connectivity index (χ1v) is 11.8. The maximum Gasteiger partial charge on any atom is 0.256 e. The van der Waals surface area contributed by atoms with E-state index in [9.17, 15) is 15.3 Å². The quantitative estimate of drug-likeness (QED) is 0.257. The van der Waals surface area contributed by atoms with E-state index in [0.29, 0.717) is 29.2 Å². The van der Waals surface area contributed by atoms with Gasteiger partial charge in [0.1, 0.15) is 24.0 Å². The molecule has 37 heavy (non-hydrogen) atoms. The number of aliphatic hydroxyl groups is 3. The van der Waals surface area contributed by atoms with Gasteiger partial charge in [0.05, 0.1) is 19.1 Å². The minimum atomic E-state index is -1.29. The molecule has 0 bridgehead atoms. The smallest absolute Gasteiger partial charge is 0.256 e. The zero-order valence-corrected chi connectivity index (χ0v) is 19.5. The van der Waals surface area contributed by atoms with Crippen LogP contribution in [-0.4, -0.2) is 74.8 Å². The van der Waals surface area contributed by atoms with Crippen LogP contribution in [0, 0.1) is 0 Å². The third kappa shape index (κ3) is 4.32. The van der Waals surface area contributed by atoms with Crippen LogP contribution < -0.4 is 5.32 Å². The van der Waals surface area contributed by atoms with Crippen molar-refractivity contribution in [3.05, 3.63) is 78.8 Å². The number of aliphatic hydroxyl groups excluding tert-OH is 3. The minimum Gasteiger partial charge on any atom is -0.394 e. The highest BCUT2D eigenvalue weighted by molar-refractivity contribution is 5.83. The molecule has 0 spiro atoms. The Morgan fingerprint density at radius 3 is 2.43 bits per heavy atom. The molecule has 1 aliphatic heterocycles. The van der Waals surface area contributed by atoms with Crippen LogP contribution in [0.4, 0.5) is 5.82 Å². The number of imidazole rings is 1. The van der Waals surface area contributed by atoms with Gasteiger partial charge in [-0.2, -0.15) is 14.6 Å². The van der Waals surface area contributed by atoms with Crippen molar-refractivity contribution in [1.29, 1.82) is 0 Å². The van der Waals surface area contributed by atoms with E-state index in [0.717, 1.165) is 11.1 Å². The predicted molar refractivity (Wildman–Crippen MR) is 132 cm³/mol. The predicted octanol–water partition coefficient (Wildman–Crippen LogP) is 1.30. The van der Waals surface area contributed by atoms with Gasteiger partial charge in [-0.05, 0) is 5.56 Å². The second kappa shape index (κ2) is 9.67. The molecule has 0 radical (unpaired) electrons. The van der Waals surface area contributed by atoms with Gasteiger partial charge in [-0.3, -0.25) is 4.57 Å². The van der Waals surface area contributed by atoms with Crippen LogP contribution in [0.3, 0.4) is 0 Å². The van der Waals surface area contributed by atoms with E-state index in [1.165, 1.54) is 15.6 Å². The van der Waals surface area contributed by atoms with E-state index in [1.807, 2.05) is 60.7 Å². The van der Waals surface area contributed by atoms with Gasteiger partial charge in [-0.25, -0.2) is 4.98 Å². The zero-order chi connectivity index (χ0) is 25.4. The molecule has 0 saturated carbocycles. The molecule has 1 saturated heterocycles. The lowest BCUT2D eigenvalue weighted by Crippen LogP contribution is -2.33. The number of aromatic nitrogens is 7. The average Bonchev–Trinajstić information content (AvgIpc) is 3.67. The summed E-state index contributed by atoms with van der Waals surface area (Å²) in [6.45, 7) is 0.0480. The molecular formula is C25H24N8O4. The van der Waals surface area contributed by atoms with Crippen LogP contribution in [0.15, 0.2) is 73.2 Å². The summed E-state index contributed by atoms with van der Waals surface area (Å²) in [4.78, 5) is 13.8. The Hall–Kier alpha value is -4.23. The standard InChI is InChI=1S/C25H24N8O4/c34-13-18-20(35)21(36)24(37-18)32-14-27-19-22(26-11-15-7-3-1-4-8-15)28-25(29-23(19)32)33-12-17(30-31-33)16-9-5-2-6-10-16/h1-10,12,14,18,20-21,24,34-36H,11,13H2,(H,26,28,29)/t18-,20-,21-,24-/m1/s1. The summed E-state index contributed by atoms with van der Waals surface area (Å²) in [6.07, 6.45) is -1.29. The number of benzene rings is 2. The molecule has 4 atom stereocenters. The Morgan fingerprint density at radius 1 is 0.946 bits per heavy atom. The highest BCUT2D eigenvalue weighted by Crippen LogP contribution is 2.33. The second-order valence-corrected chi connectivity index (χ2v) is 8.68. The summed E-state index contributed by atoms with van der Waals surface area (Å²) < 4.78 is 8.70. The maximum absolute atomic E-state index is 10.6. The Morgan fingerprint density at radius 2 is 1.70 bits per heavy atom. The molecule has 0 unspecified atom stereocenters. The Balaban J connectivity index is 1.42. The van der Waals surface area contributed by atoms with E-state index >= 15 is 0 Å². The van der Waals surface area contributed by atoms with Crippen molar-refractivity contribution in [2.75, 3.05) is 11.9 Å². The molecule has 3 aromatic heterocycles. The molecule has 4 heterocycles. The molecule has 12 heteroatoms. The summed E-state index contributed by atoms with van der Waals surface area (Å²) >= 11 is 0. The SMILES string of the molecule is OC[C@H]1O[C@@H](n2cnc3c(NCc4ccccc4)nc(-n4cc(-c5ccccc5)nn4)nc32)[C@H](O)[C@@H]1O. The minimum absolute atomic E-state index is 0.228. The third-order valence-corrected chi connectivity index (χ3v) is 6.27. The fourth-order valence-electron chi connectivity index (χ4n) is 4.31. The summed E-state index contributed by atoms with van der Waals surface area (Å²) in [5.74, 6) is 0.678. The molecule has 0 aliphatic carbocycles. The third-order valence-electron chi connectivity index (χ3n) is 6.27. The van der Waals surface area contributed by atoms with Crippen molar-refractivity contribution in [1.82, 2.24) is 34.5 Å². The van der Waals surface area contributed by atoms with E-state index in [1.54, 1.807) is 6.20 Å². The number of nitrogens with one attached hydrogen (secondary N) is 1. The highest BCUT2D eigenvalue weighted by atomic mass is 16.6. The lowest BCUT2D eigenvalue weighted by molar-refractivity contribution is -0.0511. The molecule has 0 amide bonds. The maximum atomic E-state index is 10.6. The molecule has 188 valence electrons. The van der Waals surface area contributed by atoms with Crippen molar-refractivity contribution in [3.8, 4) is 17.2 Å². The normalized spacial score (nSPS) is 21.5. The lowest BCUT2D eigenvalue weighted by Gasteiger charge is -2.17. The van der Waals surface area contributed by atoms with Crippen LogP contribution in [0.2, 0.25) is 0 Å². The van der Waals surface area contributed by atoms with Crippen molar-refractivity contribution >= 4 is 17.0 Å². The lowest BCUT2D eigenvalue weighted by atomic mass is 10.1. The second-order valence-electron chi connectivity index (χ2n) is 8.68. The Bertz CT molecular complexity index is 1510. The van der Waals surface area contributed by atoms with Crippen LogP contribution in [0.25, 0.3) is 28.4 Å². The highest BCUT2D eigenvalue weighted by Gasteiger charge is 2.44. The number of fused-ring (bicyclic) bond motifs is 1. The van der Waals surface area contributed by atoms with Crippen LogP contribution in [0.5, 0.6) is 0 Å². The van der Waals surface area contributed by atoms with Crippen LogP contribution >= 0.6 is 0 Å². The van der Waals surface area contributed by atoms with E-state index in [4.69, 9.17) is 4.74 Å². The summed E-state index contributed by atoms with van der Waals surface area (Å²) in [7, 11) is 0. The molecule has 1 aliphatic rings. The Labute approximate surface area is 210 Å². The molecule has 1 fully saturated rings. The van der Waals surface area contributed by atoms with Gasteiger partial charge in [0.15, 0.2) is 23.2 Å². The van der Waals surface area contributed by atoms with Gasteiger partial charge >= 0.3 is 0 Å².